The molecule has 1 atom stereocenters. The van der Waals surface area contributed by atoms with E-state index in [1.807, 2.05) is 0 Å². The van der Waals surface area contributed by atoms with Crippen LogP contribution in [0.4, 0.5) is 10.1 Å². The zero-order valence-electron chi connectivity index (χ0n) is 9.73. The minimum absolute atomic E-state index is 0.163. The Bertz CT molecular complexity index is 478. The molecule has 1 saturated heterocycles. The number of nitrogens with zero attached hydrogens (tertiary/aromatic N) is 1. The first-order valence-electron chi connectivity index (χ1n) is 5.69. The maximum Gasteiger partial charge on any atom is 0.249 e. The van der Waals surface area contributed by atoms with E-state index < -0.39 is 11.9 Å². The maximum atomic E-state index is 13.6. The molecule has 0 saturated carbocycles. The van der Waals surface area contributed by atoms with Crippen LogP contribution in [0.2, 0.25) is 0 Å². The average Bonchev–Trinajstić information content (AvgIpc) is 2.72. The molecule has 1 heterocycles. The van der Waals surface area contributed by atoms with Gasteiger partial charge < -0.3 is 16.0 Å². The summed E-state index contributed by atoms with van der Waals surface area (Å²) in [4.78, 5) is 24.5. The van der Waals surface area contributed by atoms with Crippen LogP contribution in [0.5, 0.6) is 0 Å². The number of nitrogens with one attached hydrogen (secondary N) is 1. The van der Waals surface area contributed by atoms with Crippen LogP contribution in [-0.4, -0.2) is 30.9 Å². The van der Waals surface area contributed by atoms with Crippen molar-refractivity contribution < 1.29 is 14.0 Å². The summed E-state index contributed by atoms with van der Waals surface area (Å²) in [5.41, 5.74) is 5.41. The van der Waals surface area contributed by atoms with E-state index in [0.717, 1.165) is 0 Å². The second kappa shape index (κ2) is 5.14. The van der Waals surface area contributed by atoms with Crippen LogP contribution < -0.4 is 16.0 Å². The Morgan fingerprint density at radius 1 is 1.50 bits per heavy atom. The zero-order chi connectivity index (χ0) is 13.1. The summed E-state index contributed by atoms with van der Waals surface area (Å²) < 4.78 is 13.6. The Kier molecular flexibility index (Phi) is 3.57. The molecular weight excluding hydrogens is 237 g/mol. The van der Waals surface area contributed by atoms with Gasteiger partial charge in [0.05, 0.1) is 12.2 Å². The Morgan fingerprint density at radius 2 is 2.22 bits per heavy atom. The number of amides is 2. The first-order valence-corrected chi connectivity index (χ1v) is 5.69. The molecule has 0 aromatic heterocycles. The van der Waals surface area contributed by atoms with Crippen molar-refractivity contribution in [1.29, 1.82) is 0 Å². The Hall–Kier alpha value is -1.95. The molecule has 1 aromatic rings. The molecule has 1 fully saturated rings. The lowest BCUT2D eigenvalue weighted by atomic mass is 10.2. The van der Waals surface area contributed by atoms with E-state index in [4.69, 9.17) is 5.73 Å². The van der Waals surface area contributed by atoms with Crippen LogP contribution in [0, 0.1) is 5.82 Å². The lowest BCUT2D eigenvalue weighted by Gasteiger charge is -2.17. The van der Waals surface area contributed by atoms with Gasteiger partial charge in [0.25, 0.3) is 0 Å². The van der Waals surface area contributed by atoms with Crippen molar-refractivity contribution in [3.63, 3.8) is 0 Å². The summed E-state index contributed by atoms with van der Waals surface area (Å²) in [6, 6.07) is 5.46. The van der Waals surface area contributed by atoms with Crippen molar-refractivity contribution in [2.45, 2.75) is 12.5 Å². The highest BCUT2D eigenvalue weighted by molar-refractivity contribution is 6.01. The quantitative estimate of drug-likeness (QED) is 0.794. The van der Waals surface area contributed by atoms with Gasteiger partial charge in [0.15, 0.2) is 0 Å². The van der Waals surface area contributed by atoms with Crippen LogP contribution in [-0.2, 0) is 9.59 Å². The molecule has 0 aliphatic carbocycles. The number of carbonyl (C=O) groups is 2. The second-order valence-corrected chi connectivity index (χ2v) is 4.05. The third-order valence-electron chi connectivity index (χ3n) is 2.87. The predicted molar refractivity (Wildman–Crippen MR) is 64.4 cm³/mol. The molecule has 2 amide bonds. The van der Waals surface area contributed by atoms with Gasteiger partial charge in [-0.15, -0.1) is 0 Å². The largest absolute Gasteiger partial charge is 0.343 e. The predicted octanol–water partition coefficient (Wildman–Crippen LogP) is 0.00590. The fourth-order valence-electron chi connectivity index (χ4n) is 1.98. The van der Waals surface area contributed by atoms with E-state index in [0.29, 0.717) is 13.0 Å². The van der Waals surface area contributed by atoms with E-state index in [2.05, 4.69) is 5.32 Å². The molecule has 1 aromatic carbocycles. The van der Waals surface area contributed by atoms with Gasteiger partial charge in [0.1, 0.15) is 11.9 Å². The Balaban J connectivity index is 2.12. The van der Waals surface area contributed by atoms with Gasteiger partial charge in [-0.1, -0.05) is 12.1 Å². The van der Waals surface area contributed by atoms with Crippen molar-refractivity contribution in [1.82, 2.24) is 5.32 Å². The first-order chi connectivity index (χ1) is 8.63. The molecule has 6 heteroatoms. The van der Waals surface area contributed by atoms with Gasteiger partial charge in [0, 0.05) is 6.54 Å². The highest BCUT2D eigenvalue weighted by atomic mass is 19.1. The van der Waals surface area contributed by atoms with Gasteiger partial charge in [-0.25, -0.2) is 4.39 Å². The van der Waals surface area contributed by atoms with Crippen LogP contribution >= 0.6 is 0 Å². The highest BCUT2D eigenvalue weighted by Crippen LogP contribution is 2.24. The summed E-state index contributed by atoms with van der Waals surface area (Å²) in [5, 5.41) is 2.52. The molecule has 1 aliphatic heterocycles. The molecule has 3 N–H and O–H groups in total. The molecule has 2 rings (SSSR count). The molecular formula is C12H14FN3O2. The smallest absolute Gasteiger partial charge is 0.249 e. The fourth-order valence-corrected chi connectivity index (χ4v) is 1.98. The topological polar surface area (TPSA) is 75.4 Å². The standard InChI is InChI=1S/C12H14FN3O2/c13-8-3-1-2-4-10(8)16-6-5-9(12(16)18)15-11(17)7-14/h1-4,9H,5-7,14H2,(H,15,17). The lowest BCUT2D eigenvalue weighted by molar-refractivity contribution is -0.125. The van der Waals surface area contributed by atoms with Crippen molar-refractivity contribution in [3.8, 4) is 0 Å². The molecule has 1 aliphatic rings. The van der Waals surface area contributed by atoms with Crippen LogP contribution in [0.3, 0.4) is 0 Å². The van der Waals surface area contributed by atoms with Gasteiger partial charge in [0.2, 0.25) is 11.8 Å². The molecule has 0 bridgehead atoms. The van der Waals surface area contributed by atoms with E-state index in [9.17, 15) is 14.0 Å². The van der Waals surface area contributed by atoms with Gasteiger partial charge in [-0.2, -0.15) is 0 Å². The van der Waals surface area contributed by atoms with Crippen molar-refractivity contribution in [2.75, 3.05) is 18.0 Å². The number of halogens is 1. The molecule has 5 nitrogen and oxygen atoms in total. The number of hydrogen-bond acceptors (Lipinski definition) is 3. The fraction of sp³-hybridized carbons (Fsp3) is 0.333. The minimum Gasteiger partial charge on any atom is -0.343 e. The minimum atomic E-state index is -0.611. The highest BCUT2D eigenvalue weighted by Gasteiger charge is 2.34. The lowest BCUT2D eigenvalue weighted by Crippen LogP contribution is -2.44. The van der Waals surface area contributed by atoms with Gasteiger partial charge in [-0.3, -0.25) is 9.59 Å². The number of carbonyl (C=O) groups excluding carboxylic acids is 2. The summed E-state index contributed by atoms with van der Waals surface area (Å²) in [7, 11) is 0. The second-order valence-electron chi connectivity index (χ2n) is 4.05. The third kappa shape index (κ3) is 2.33. The molecule has 0 radical (unpaired) electrons. The summed E-state index contributed by atoms with van der Waals surface area (Å²) in [6.07, 6.45) is 0.457. The van der Waals surface area contributed by atoms with Gasteiger partial charge in [-0.05, 0) is 18.6 Å². The maximum absolute atomic E-state index is 13.6. The molecule has 0 spiro atoms. The molecule has 96 valence electrons. The summed E-state index contributed by atoms with van der Waals surface area (Å²) in [5.74, 6) is -1.14. The number of anilines is 1. The van der Waals surface area contributed by atoms with E-state index in [1.165, 1.54) is 11.0 Å². The number of nitrogens with two attached hydrogens (primary N) is 1. The molecule has 1 unspecified atom stereocenters. The number of hydrogen-bond donors (Lipinski definition) is 2. The van der Waals surface area contributed by atoms with Gasteiger partial charge >= 0.3 is 0 Å². The van der Waals surface area contributed by atoms with Crippen molar-refractivity contribution in [3.05, 3.63) is 30.1 Å². The van der Waals surface area contributed by atoms with Crippen LogP contribution in [0.1, 0.15) is 6.42 Å². The SMILES string of the molecule is NCC(=O)NC1CCN(c2ccccc2F)C1=O. The number of para-hydroxylation sites is 1. The van der Waals surface area contributed by atoms with E-state index >= 15 is 0 Å². The molecule has 18 heavy (non-hydrogen) atoms. The monoisotopic (exact) mass is 251 g/mol. The number of benzene rings is 1. The van der Waals surface area contributed by atoms with E-state index in [-0.39, 0.29) is 24.0 Å². The normalized spacial score (nSPS) is 19.1. The van der Waals surface area contributed by atoms with Crippen LogP contribution in [0.25, 0.3) is 0 Å². The Morgan fingerprint density at radius 3 is 2.89 bits per heavy atom. The summed E-state index contributed by atoms with van der Waals surface area (Å²) in [6.45, 7) is 0.221. The zero-order valence-corrected chi connectivity index (χ0v) is 9.73. The Labute approximate surface area is 104 Å². The third-order valence-corrected chi connectivity index (χ3v) is 2.87. The van der Waals surface area contributed by atoms with E-state index in [1.54, 1.807) is 18.2 Å². The van der Waals surface area contributed by atoms with Crippen molar-refractivity contribution >= 4 is 17.5 Å². The average molecular weight is 251 g/mol. The van der Waals surface area contributed by atoms with Crippen molar-refractivity contribution in [2.24, 2.45) is 5.73 Å². The van der Waals surface area contributed by atoms with Crippen LogP contribution in [0.15, 0.2) is 24.3 Å². The number of rotatable bonds is 3. The first kappa shape index (κ1) is 12.5. The summed E-state index contributed by atoms with van der Waals surface area (Å²) >= 11 is 0.